The summed E-state index contributed by atoms with van der Waals surface area (Å²) in [4.78, 5) is 0. The lowest BCUT2D eigenvalue weighted by Crippen LogP contribution is -2.04. The molecule has 0 saturated carbocycles. The Morgan fingerprint density at radius 2 is 1.70 bits per heavy atom. The van der Waals surface area contributed by atoms with Gasteiger partial charge in [0.1, 0.15) is 5.75 Å². The van der Waals surface area contributed by atoms with Gasteiger partial charge in [-0.15, -0.1) is 0 Å². The molecular weight excluding hydrogens is 353 g/mol. The maximum Gasteiger partial charge on any atom is 0.416 e. The zero-order chi connectivity index (χ0) is 19.7. The van der Waals surface area contributed by atoms with Gasteiger partial charge in [-0.1, -0.05) is 30.0 Å². The predicted molar refractivity (Wildman–Crippen MR) is 100 cm³/mol. The van der Waals surface area contributed by atoms with Crippen molar-refractivity contribution in [2.75, 3.05) is 20.3 Å². The molecule has 0 fully saturated rings. The van der Waals surface area contributed by atoms with Crippen molar-refractivity contribution < 1.29 is 22.6 Å². The first-order valence-electron chi connectivity index (χ1n) is 8.55. The van der Waals surface area contributed by atoms with E-state index < -0.39 is 11.7 Å². The molecule has 0 radical (unpaired) electrons. The summed E-state index contributed by atoms with van der Waals surface area (Å²) in [5.74, 6) is 6.73. The summed E-state index contributed by atoms with van der Waals surface area (Å²) in [6.07, 6.45) is -1.69. The highest BCUT2D eigenvalue weighted by Crippen LogP contribution is 2.29. The molecule has 0 bridgehead atoms. The SMILES string of the molecule is CCOCC/C=C(\C#Cc1ccc(C(F)(F)F)cc1)c1ccc(OC)cc1. The van der Waals surface area contributed by atoms with Gasteiger partial charge in [-0.05, 0) is 55.3 Å². The van der Waals surface area contributed by atoms with Crippen LogP contribution in [0.4, 0.5) is 13.2 Å². The van der Waals surface area contributed by atoms with Crippen molar-refractivity contribution in [3.63, 3.8) is 0 Å². The molecule has 2 aromatic carbocycles. The number of benzene rings is 2. The number of hydrogen-bond acceptors (Lipinski definition) is 2. The van der Waals surface area contributed by atoms with E-state index in [1.165, 1.54) is 12.1 Å². The molecule has 27 heavy (non-hydrogen) atoms. The Labute approximate surface area is 157 Å². The van der Waals surface area contributed by atoms with E-state index in [1.54, 1.807) is 7.11 Å². The Kier molecular flexibility index (Phi) is 7.51. The predicted octanol–water partition coefficient (Wildman–Crippen LogP) is 5.58. The van der Waals surface area contributed by atoms with E-state index in [4.69, 9.17) is 9.47 Å². The van der Waals surface area contributed by atoms with E-state index >= 15 is 0 Å². The van der Waals surface area contributed by atoms with Crippen molar-refractivity contribution in [3.05, 3.63) is 71.3 Å². The fraction of sp³-hybridized carbons (Fsp3) is 0.273. The van der Waals surface area contributed by atoms with E-state index in [0.29, 0.717) is 25.2 Å². The highest BCUT2D eigenvalue weighted by molar-refractivity contribution is 5.79. The zero-order valence-electron chi connectivity index (χ0n) is 15.3. The minimum Gasteiger partial charge on any atom is -0.497 e. The monoisotopic (exact) mass is 374 g/mol. The third-order valence-corrected chi connectivity index (χ3v) is 3.77. The zero-order valence-corrected chi connectivity index (χ0v) is 15.3. The number of alkyl halides is 3. The van der Waals surface area contributed by atoms with E-state index in [-0.39, 0.29) is 0 Å². The number of allylic oxidation sites excluding steroid dienone is 1. The number of rotatable bonds is 6. The molecule has 0 saturated heterocycles. The third-order valence-electron chi connectivity index (χ3n) is 3.77. The first-order valence-corrected chi connectivity index (χ1v) is 8.55. The van der Waals surface area contributed by atoms with Crippen molar-refractivity contribution >= 4 is 5.57 Å². The first-order chi connectivity index (χ1) is 12.9. The van der Waals surface area contributed by atoms with Gasteiger partial charge in [0, 0.05) is 17.7 Å². The van der Waals surface area contributed by atoms with Gasteiger partial charge in [0.15, 0.2) is 0 Å². The minimum absolute atomic E-state index is 0.521. The Hall–Kier alpha value is -2.71. The van der Waals surface area contributed by atoms with Gasteiger partial charge in [0.25, 0.3) is 0 Å². The van der Waals surface area contributed by atoms with E-state index in [2.05, 4.69) is 11.8 Å². The average Bonchev–Trinajstić information content (AvgIpc) is 2.67. The van der Waals surface area contributed by atoms with Crippen LogP contribution >= 0.6 is 0 Å². The lowest BCUT2D eigenvalue weighted by molar-refractivity contribution is -0.137. The fourth-order valence-corrected chi connectivity index (χ4v) is 2.32. The van der Waals surface area contributed by atoms with Crippen LogP contribution in [0.15, 0.2) is 54.6 Å². The van der Waals surface area contributed by atoms with Crippen LogP contribution in [0, 0.1) is 11.8 Å². The van der Waals surface area contributed by atoms with E-state index in [0.717, 1.165) is 29.0 Å². The topological polar surface area (TPSA) is 18.5 Å². The van der Waals surface area contributed by atoms with Crippen LogP contribution in [-0.2, 0) is 10.9 Å². The summed E-state index contributed by atoms with van der Waals surface area (Å²) in [5.41, 5.74) is 1.53. The number of methoxy groups -OCH3 is 1. The minimum atomic E-state index is -4.35. The number of ether oxygens (including phenoxy) is 2. The summed E-state index contributed by atoms with van der Waals surface area (Å²) < 4.78 is 48.5. The summed E-state index contributed by atoms with van der Waals surface area (Å²) >= 11 is 0. The van der Waals surface area contributed by atoms with Gasteiger partial charge in [0.05, 0.1) is 19.3 Å². The maximum absolute atomic E-state index is 12.7. The summed E-state index contributed by atoms with van der Waals surface area (Å²) in [6.45, 7) is 3.15. The fourth-order valence-electron chi connectivity index (χ4n) is 2.32. The molecule has 5 heteroatoms. The molecule has 0 aliphatic carbocycles. The van der Waals surface area contributed by atoms with Crippen LogP contribution in [-0.4, -0.2) is 20.3 Å². The maximum atomic E-state index is 12.7. The second-order valence-electron chi connectivity index (χ2n) is 5.66. The molecule has 0 atom stereocenters. The van der Waals surface area contributed by atoms with Gasteiger partial charge < -0.3 is 9.47 Å². The smallest absolute Gasteiger partial charge is 0.416 e. The summed E-state index contributed by atoms with van der Waals surface area (Å²) in [7, 11) is 1.60. The van der Waals surface area contributed by atoms with Crippen LogP contribution < -0.4 is 4.74 Å². The quantitative estimate of drug-likeness (QED) is 0.486. The lowest BCUT2D eigenvalue weighted by atomic mass is 10.0. The van der Waals surface area contributed by atoms with Gasteiger partial charge in [-0.25, -0.2) is 0 Å². The van der Waals surface area contributed by atoms with Crippen LogP contribution in [0.3, 0.4) is 0 Å². The van der Waals surface area contributed by atoms with Crippen molar-refractivity contribution in [1.82, 2.24) is 0 Å². The molecule has 0 heterocycles. The van der Waals surface area contributed by atoms with Crippen LogP contribution in [0.2, 0.25) is 0 Å². The third kappa shape index (κ3) is 6.50. The van der Waals surface area contributed by atoms with Crippen molar-refractivity contribution in [1.29, 1.82) is 0 Å². The molecule has 2 aromatic rings. The van der Waals surface area contributed by atoms with Gasteiger partial charge >= 0.3 is 6.18 Å². The highest BCUT2D eigenvalue weighted by Gasteiger charge is 2.29. The largest absolute Gasteiger partial charge is 0.497 e. The van der Waals surface area contributed by atoms with Crippen LogP contribution in [0.1, 0.15) is 30.0 Å². The molecule has 142 valence electrons. The molecular formula is C22H21F3O2. The molecule has 2 nitrogen and oxygen atoms in total. The Morgan fingerprint density at radius 1 is 1.04 bits per heavy atom. The Balaban J connectivity index is 2.24. The van der Waals surface area contributed by atoms with E-state index in [9.17, 15) is 13.2 Å². The van der Waals surface area contributed by atoms with Crippen LogP contribution in [0.5, 0.6) is 5.75 Å². The second-order valence-corrected chi connectivity index (χ2v) is 5.66. The van der Waals surface area contributed by atoms with Crippen molar-refractivity contribution in [2.45, 2.75) is 19.5 Å². The molecule has 0 N–H and O–H groups in total. The Morgan fingerprint density at radius 3 is 2.26 bits per heavy atom. The first kappa shape index (κ1) is 20.6. The molecule has 0 unspecified atom stereocenters. The van der Waals surface area contributed by atoms with Gasteiger partial charge in [-0.2, -0.15) is 13.2 Å². The number of hydrogen-bond donors (Lipinski definition) is 0. The summed E-state index contributed by atoms with van der Waals surface area (Å²) in [6, 6.07) is 12.3. The standard InChI is InChI=1S/C22H21F3O2/c1-3-27-16-4-5-18(19-10-14-21(26-2)15-11-19)9-6-17-7-12-20(13-8-17)22(23,24)25/h5,7-8,10-15H,3-4,16H2,1-2H3/b18-5+. The highest BCUT2D eigenvalue weighted by atomic mass is 19.4. The van der Waals surface area contributed by atoms with Crippen molar-refractivity contribution in [2.24, 2.45) is 0 Å². The molecule has 0 aromatic heterocycles. The molecule has 0 amide bonds. The average molecular weight is 374 g/mol. The van der Waals surface area contributed by atoms with Gasteiger partial charge in [-0.3, -0.25) is 0 Å². The summed E-state index contributed by atoms with van der Waals surface area (Å²) in [5, 5.41) is 0. The Bertz CT molecular complexity index is 808. The van der Waals surface area contributed by atoms with Crippen LogP contribution in [0.25, 0.3) is 5.57 Å². The lowest BCUT2D eigenvalue weighted by Gasteiger charge is -2.05. The molecule has 0 spiro atoms. The number of halogens is 3. The van der Waals surface area contributed by atoms with Crippen molar-refractivity contribution in [3.8, 4) is 17.6 Å². The molecule has 2 rings (SSSR count). The van der Waals surface area contributed by atoms with E-state index in [1.807, 2.05) is 37.3 Å². The second kappa shape index (κ2) is 9.84. The molecule has 0 aliphatic rings. The van der Waals surface area contributed by atoms with Gasteiger partial charge in [0.2, 0.25) is 0 Å². The molecule has 0 aliphatic heterocycles. The normalized spacial score (nSPS) is 11.7.